The van der Waals surface area contributed by atoms with Crippen LogP contribution in [0.1, 0.15) is 44.8 Å². The van der Waals surface area contributed by atoms with E-state index in [1.807, 2.05) is 6.20 Å². The quantitative estimate of drug-likeness (QED) is 0.896. The SMILES string of the molecule is CCNC(CC)c1ccc(N2CC3CCC(C2)O3)cn1. The molecule has 2 saturated heterocycles. The van der Waals surface area contributed by atoms with Crippen LogP contribution in [0.5, 0.6) is 0 Å². The van der Waals surface area contributed by atoms with Crippen LogP contribution in [-0.4, -0.2) is 36.8 Å². The lowest BCUT2D eigenvalue weighted by Crippen LogP contribution is -2.42. The lowest BCUT2D eigenvalue weighted by atomic mass is 10.1. The summed E-state index contributed by atoms with van der Waals surface area (Å²) in [6, 6.07) is 4.76. The zero-order valence-corrected chi connectivity index (χ0v) is 12.5. The second-order valence-electron chi connectivity index (χ2n) is 5.82. The molecule has 4 heteroatoms. The van der Waals surface area contributed by atoms with E-state index < -0.39 is 0 Å². The molecule has 3 atom stereocenters. The number of nitrogens with zero attached hydrogens (tertiary/aromatic N) is 2. The molecular formula is C16H25N3O. The van der Waals surface area contributed by atoms with Gasteiger partial charge < -0.3 is 15.0 Å². The van der Waals surface area contributed by atoms with Gasteiger partial charge >= 0.3 is 0 Å². The summed E-state index contributed by atoms with van der Waals surface area (Å²) in [6.07, 6.45) is 6.38. The molecule has 3 heterocycles. The molecule has 0 radical (unpaired) electrons. The third kappa shape index (κ3) is 2.81. The molecule has 0 amide bonds. The Labute approximate surface area is 121 Å². The van der Waals surface area contributed by atoms with Crippen LogP contribution in [0.25, 0.3) is 0 Å². The first kappa shape index (κ1) is 13.8. The molecule has 2 aliphatic heterocycles. The number of anilines is 1. The second kappa shape index (κ2) is 6.10. The van der Waals surface area contributed by atoms with Crippen molar-refractivity contribution in [3.8, 4) is 0 Å². The molecule has 4 nitrogen and oxygen atoms in total. The van der Waals surface area contributed by atoms with E-state index in [2.05, 4.69) is 41.2 Å². The van der Waals surface area contributed by atoms with Crippen LogP contribution in [0.15, 0.2) is 18.3 Å². The summed E-state index contributed by atoms with van der Waals surface area (Å²) in [4.78, 5) is 7.10. The number of hydrogen-bond donors (Lipinski definition) is 1. The number of pyridine rings is 1. The molecule has 3 unspecified atom stereocenters. The second-order valence-corrected chi connectivity index (χ2v) is 5.82. The summed E-state index contributed by atoms with van der Waals surface area (Å²) in [5.41, 5.74) is 2.38. The first-order valence-corrected chi connectivity index (χ1v) is 7.89. The van der Waals surface area contributed by atoms with Crippen molar-refractivity contribution >= 4 is 5.69 Å². The Hall–Kier alpha value is -1.13. The van der Waals surface area contributed by atoms with E-state index in [9.17, 15) is 0 Å². The molecule has 1 N–H and O–H groups in total. The third-order valence-corrected chi connectivity index (χ3v) is 4.40. The van der Waals surface area contributed by atoms with Crippen molar-refractivity contribution in [2.45, 2.75) is 51.4 Å². The average Bonchev–Trinajstić information content (AvgIpc) is 2.83. The zero-order valence-electron chi connectivity index (χ0n) is 12.5. The van der Waals surface area contributed by atoms with Crippen molar-refractivity contribution in [2.24, 2.45) is 0 Å². The summed E-state index contributed by atoms with van der Waals surface area (Å²) in [5.74, 6) is 0. The van der Waals surface area contributed by atoms with Gasteiger partial charge in [0.1, 0.15) is 0 Å². The first-order valence-electron chi connectivity index (χ1n) is 7.89. The van der Waals surface area contributed by atoms with Crippen LogP contribution >= 0.6 is 0 Å². The molecule has 110 valence electrons. The van der Waals surface area contributed by atoms with Gasteiger partial charge in [-0.3, -0.25) is 4.98 Å². The molecule has 20 heavy (non-hydrogen) atoms. The topological polar surface area (TPSA) is 37.4 Å². The minimum Gasteiger partial charge on any atom is -0.371 e. The highest BCUT2D eigenvalue weighted by molar-refractivity contribution is 5.46. The van der Waals surface area contributed by atoms with E-state index in [4.69, 9.17) is 4.74 Å². The predicted molar refractivity (Wildman–Crippen MR) is 81.1 cm³/mol. The van der Waals surface area contributed by atoms with Gasteiger partial charge in [-0.1, -0.05) is 13.8 Å². The Balaban J connectivity index is 1.69. The standard InChI is InChI=1S/C16H25N3O/c1-3-15(17-4-2)16-8-5-12(9-18-16)19-10-13-6-7-14(11-19)20-13/h5,8-9,13-15,17H,3-4,6-7,10-11H2,1-2H3. The van der Waals surface area contributed by atoms with Crippen LogP contribution in [-0.2, 0) is 4.74 Å². The summed E-state index contributed by atoms with van der Waals surface area (Å²) < 4.78 is 5.89. The molecule has 0 saturated carbocycles. The van der Waals surface area contributed by atoms with Crippen LogP contribution in [0.4, 0.5) is 5.69 Å². The molecule has 2 fully saturated rings. The predicted octanol–water partition coefficient (Wildman–Crippen LogP) is 2.51. The van der Waals surface area contributed by atoms with E-state index in [1.165, 1.54) is 18.5 Å². The molecule has 0 aliphatic carbocycles. The van der Waals surface area contributed by atoms with Gasteiger partial charge in [-0.2, -0.15) is 0 Å². The Morgan fingerprint density at radius 2 is 2.05 bits per heavy atom. The Morgan fingerprint density at radius 3 is 2.60 bits per heavy atom. The van der Waals surface area contributed by atoms with Gasteiger partial charge in [0.05, 0.1) is 29.8 Å². The number of nitrogens with one attached hydrogen (secondary N) is 1. The molecule has 2 aliphatic rings. The molecule has 0 aromatic carbocycles. The molecule has 3 rings (SSSR count). The lowest BCUT2D eigenvalue weighted by Gasteiger charge is -2.33. The summed E-state index contributed by atoms with van der Waals surface area (Å²) in [7, 11) is 0. The van der Waals surface area contributed by atoms with Crippen molar-refractivity contribution in [1.29, 1.82) is 0 Å². The van der Waals surface area contributed by atoms with E-state index in [0.29, 0.717) is 18.2 Å². The van der Waals surface area contributed by atoms with Gasteiger partial charge in [-0.25, -0.2) is 0 Å². The maximum atomic E-state index is 5.89. The fourth-order valence-corrected chi connectivity index (χ4v) is 3.32. The van der Waals surface area contributed by atoms with Crippen LogP contribution in [0.2, 0.25) is 0 Å². The Kier molecular flexibility index (Phi) is 4.22. The maximum Gasteiger partial charge on any atom is 0.0755 e. The van der Waals surface area contributed by atoms with Crippen molar-refractivity contribution in [3.63, 3.8) is 0 Å². The highest BCUT2D eigenvalue weighted by Crippen LogP contribution is 2.29. The number of rotatable bonds is 5. The summed E-state index contributed by atoms with van der Waals surface area (Å²) in [6.45, 7) is 7.35. The monoisotopic (exact) mass is 275 g/mol. The fourth-order valence-electron chi connectivity index (χ4n) is 3.32. The summed E-state index contributed by atoms with van der Waals surface area (Å²) >= 11 is 0. The lowest BCUT2D eigenvalue weighted by molar-refractivity contribution is 0.0305. The number of morpholine rings is 1. The highest BCUT2D eigenvalue weighted by Gasteiger charge is 2.33. The van der Waals surface area contributed by atoms with Gasteiger partial charge in [0, 0.05) is 19.1 Å². The van der Waals surface area contributed by atoms with E-state index >= 15 is 0 Å². The largest absolute Gasteiger partial charge is 0.371 e. The Morgan fingerprint density at radius 1 is 1.30 bits per heavy atom. The number of hydrogen-bond acceptors (Lipinski definition) is 4. The molecule has 1 aromatic rings. The molecule has 1 aromatic heterocycles. The van der Waals surface area contributed by atoms with E-state index in [1.54, 1.807) is 0 Å². The zero-order chi connectivity index (χ0) is 13.9. The van der Waals surface area contributed by atoms with E-state index in [0.717, 1.165) is 31.7 Å². The minimum absolute atomic E-state index is 0.370. The van der Waals surface area contributed by atoms with Gasteiger partial charge in [0.25, 0.3) is 0 Å². The first-order chi connectivity index (χ1) is 9.80. The normalized spacial score (nSPS) is 26.8. The molecule has 2 bridgehead atoms. The Bertz CT molecular complexity index is 422. The maximum absolute atomic E-state index is 5.89. The third-order valence-electron chi connectivity index (χ3n) is 4.40. The van der Waals surface area contributed by atoms with Crippen LogP contribution in [0, 0.1) is 0 Å². The van der Waals surface area contributed by atoms with Gasteiger partial charge in [-0.05, 0) is 37.9 Å². The number of ether oxygens (including phenoxy) is 1. The fraction of sp³-hybridized carbons (Fsp3) is 0.688. The number of fused-ring (bicyclic) bond motifs is 2. The van der Waals surface area contributed by atoms with Crippen LogP contribution < -0.4 is 10.2 Å². The van der Waals surface area contributed by atoms with E-state index in [-0.39, 0.29) is 0 Å². The highest BCUT2D eigenvalue weighted by atomic mass is 16.5. The van der Waals surface area contributed by atoms with Crippen molar-refractivity contribution in [3.05, 3.63) is 24.0 Å². The average molecular weight is 275 g/mol. The molecule has 0 spiro atoms. The smallest absolute Gasteiger partial charge is 0.0755 e. The van der Waals surface area contributed by atoms with Crippen molar-refractivity contribution < 1.29 is 4.74 Å². The van der Waals surface area contributed by atoms with Gasteiger partial charge in [0.15, 0.2) is 0 Å². The van der Waals surface area contributed by atoms with Crippen molar-refractivity contribution in [2.75, 3.05) is 24.5 Å². The number of aromatic nitrogens is 1. The molecular weight excluding hydrogens is 250 g/mol. The van der Waals surface area contributed by atoms with Crippen LogP contribution in [0.3, 0.4) is 0 Å². The van der Waals surface area contributed by atoms with Crippen molar-refractivity contribution in [1.82, 2.24) is 10.3 Å². The minimum atomic E-state index is 0.370. The van der Waals surface area contributed by atoms with Gasteiger partial charge in [0.2, 0.25) is 0 Å². The van der Waals surface area contributed by atoms with Gasteiger partial charge in [-0.15, -0.1) is 0 Å². The summed E-state index contributed by atoms with van der Waals surface area (Å²) in [5, 5.41) is 3.48.